The van der Waals surface area contributed by atoms with Gasteiger partial charge in [0.05, 0.1) is 17.8 Å². The molecule has 0 aromatic heterocycles. The predicted octanol–water partition coefficient (Wildman–Crippen LogP) is 1.54. The molecule has 24 heavy (non-hydrogen) atoms. The van der Waals surface area contributed by atoms with Crippen LogP contribution < -0.4 is 10.5 Å². The van der Waals surface area contributed by atoms with Gasteiger partial charge in [-0.15, -0.1) is 0 Å². The first-order valence-corrected chi connectivity index (χ1v) is 8.90. The predicted molar refractivity (Wildman–Crippen MR) is 89.3 cm³/mol. The summed E-state index contributed by atoms with van der Waals surface area (Å²) in [6, 6.07) is 13.7. The number of methoxy groups -OCH3 is 1. The van der Waals surface area contributed by atoms with Crippen molar-refractivity contribution >= 4 is 15.8 Å². The van der Waals surface area contributed by atoms with E-state index in [9.17, 15) is 13.2 Å². The van der Waals surface area contributed by atoms with E-state index < -0.39 is 27.6 Å². The van der Waals surface area contributed by atoms with Crippen molar-refractivity contribution in [2.75, 3.05) is 12.9 Å². The zero-order chi connectivity index (χ0) is 17.6. The van der Waals surface area contributed by atoms with E-state index in [-0.39, 0.29) is 11.5 Å². The highest BCUT2D eigenvalue weighted by atomic mass is 32.2. The zero-order valence-electron chi connectivity index (χ0n) is 13.2. The molecule has 0 fully saturated rings. The summed E-state index contributed by atoms with van der Waals surface area (Å²) >= 11 is 0. The Morgan fingerprint density at radius 3 is 2.29 bits per heavy atom. The van der Waals surface area contributed by atoms with E-state index in [1.54, 1.807) is 12.1 Å². The number of ether oxygens (including phenoxy) is 2. The molecule has 0 heterocycles. The summed E-state index contributed by atoms with van der Waals surface area (Å²) < 4.78 is 34.6. The molecule has 0 saturated heterocycles. The van der Waals surface area contributed by atoms with Crippen molar-refractivity contribution in [3.05, 3.63) is 60.2 Å². The number of sulfone groups is 1. The Kier molecular flexibility index (Phi) is 5.94. The highest BCUT2D eigenvalue weighted by Gasteiger charge is 2.25. The molecule has 0 amide bonds. The Morgan fingerprint density at radius 2 is 1.71 bits per heavy atom. The SMILES string of the molecule is COc1ccc(S(=O)(=O)CC(N)C(=O)OCc2ccccc2)cc1. The van der Waals surface area contributed by atoms with E-state index in [1.165, 1.54) is 31.4 Å². The number of carbonyl (C=O) groups is 1. The van der Waals surface area contributed by atoms with Crippen molar-refractivity contribution in [1.82, 2.24) is 0 Å². The monoisotopic (exact) mass is 349 g/mol. The van der Waals surface area contributed by atoms with Crippen LogP contribution in [0.5, 0.6) is 5.75 Å². The number of nitrogens with two attached hydrogens (primary N) is 1. The summed E-state index contributed by atoms with van der Waals surface area (Å²) in [4.78, 5) is 12.0. The molecule has 0 aliphatic rings. The first kappa shape index (κ1) is 18.0. The van der Waals surface area contributed by atoms with Gasteiger partial charge in [0.25, 0.3) is 0 Å². The molecular formula is C17H19NO5S. The summed E-state index contributed by atoms with van der Waals surface area (Å²) in [5.41, 5.74) is 6.48. The van der Waals surface area contributed by atoms with Gasteiger partial charge < -0.3 is 15.2 Å². The van der Waals surface area contributed by atoms with Gasteiger partial charge in [-0.05, 0) is 29.8 Å². The van der Waals surface area contributed by atoms with Gasteiger partial charge >= 0.3 is 5.97 Å². The minimum atomic E-state index is -3.69. The van der Waals surface area contributed by atoms with E-state index >= 15 is 0 Å². The van der Waals surface area contributed by atoms with E-state index in [0.717, 1.165) is 5.56 Å². The number of esters is 1. The molecule has 1 atom stereocenters. The largest absolute Gasteiger partial charge is 0.497 e. The Bertz CT molecular complexity index is 772. The van der Waals surface area contributed by atoms with Gasteiger partial charge in [0.15, 0.2) is 9.84 Å². The molecule has 0 bridgehead atoms. The number of hydrogen-bond acceptors (Lipinski definition) is 6. The molecular weight excluding hydrogens is 330 g/mol. The number of rotatable bonds is 7. The average molecular weight is 349 g/mol. The average Bonchev–Trinajstić information content (AvgIpc) is 2.60. The molecule has 0 spiro atoms. The van der Waals surface area contributed by atoms with Gasteiger partial charge in [-0.25, -0.2) is 8.42 Å². The van der Waals surface area contributed by atoms with Crippen LogP contribution in [0.4, 0.5) is 0 Å². The second-order valence-electron chi connectivity index (χ2n) is 5.16. The normalized spacial score (nSPS) is 12.4. The molecule has 0 aliphatic carbocycles. The van der Waals surface area contributed by atoms with Crippen LogP contribution in [0.3, 0.4) is 0 Å². The van der Waals surface area contributed by atoms with Crippen LogP contribution in [0.2, 0.25) is 0 Å². The van der Waals surface area contributed by atoms with Crippen LogP contribution in [0.1, 0.15) is 5.56 Å². The third-order valence-corrected chi connectivity index (χ3v) is 5.13. The lowest BCUT2D eigenvalue weighted by Gasteiger charge is -2.12. The molecule has 0 aliphatic heterocycles. The lowest BCUT2D eigenvalue weighted by atomic mass is 10.2. The van der Waals surface area contributed by atoms with Crippen LogP contribution >= 0.6 is 0 Å². The Balaban J connectivity index is 1.96. The van der Waals surface area contributed by atoms with Gasteiger partial charge in [0, 0.05) is 0 Å². The minimum Gasteiger partial charge on any atom is -0.497 e. The fourth-order valence-corrected chi connectivity index (χ4v) is 3.37. The summed E-state index contributed by atoms with van der Waals surface area (Å²) in [6.07, 6.45) is 0. The minimum absolute atomic E-state index is 0.0515. The second kappa shape index (κ2) is 7.94. The highest BCUT2D eigenvalue weighted by molar-refractivity contribution is 7.91. The standard InChI is InChI=1S/C17H19NO5S/c1-22-14-7-9-15(10-8-14)24(20,21)12-16(18)17(19)23-11-13-5-3-2-4-6-13/h2-10,16H,11-12,18H2,1H3. The van der Waals surface area contributed by atoms with E-state index in [0.29, 0.717) is 5.75 Å². The maximum absolute atomic E-state index is 12.3. The fraction of sp³-hybridized carbons (Fsp3) is 0.235. The van der Waals surface area contributed by atoms with Crippen molar-refractivity contribution in [1.29, 1.82) is 0 Å². The van der Waals surface area contributed by atoms with Gasteiger partial charge in [0.2, 0.25) is 0 Å². The third kappa shape index (κ3) is 4.81. The summed E-state index contributed by atoms with van der Waals surface area (Å²) in [5, 5.41) is 0. The van der Waals surface area contributed by atoms with E-state index in [4.69, 9.17) is 15.2 Å². The Labute approximate surface area is 141 Å². The van der Waals surface area contributed by atoms with Gasteiger partial charge in [-0.3, -0.25) is 4.79 Å². The van der Waals surface area contributed by atoms with Crippen molar-refractivity contribution < 1.29 is 22.7 Å². The lowest BCUT2D eigenvalue weighted by molar-refractivity contribution is -0.145. The maximum Gasteiger partial charge on any atom is 0.324 e. The van der Waals surface area contributed by atoms with Gasteiger partial charge in [-0.1, -0.05) is 30.3 Å². The van der Waals surface area contributed by atoms with E-state index in [2.05, 4.69) is 0 Å². The molecule has 0 radical (unpaired) electrons. The summed E-state index contributed by atoms with van der Waals surface area (Å²) in [5.74, 6) is -0.732. The van der Waals surface area contributed by atoms with Crippen molar-refractivity contribution in [3.63, 3.8) is 0 Å². The first-order valence-electron chi connectivity index (χ1n) is 7.25. The van der Waals surface area contributed by atoms with Crippen molar-refractivity contribution in [3.8, 4) is 5.75 Å². The topological polar surface area (TPSA) is 95.7 Å². The van der Waals surface area contributed by atoms with Crippen molar-refractivity contribution in [2.45, 2.75) is 17.5 Å². The smallest absolute Gasteiger partial charge is 0.324 e. The molecule has 2 N–H and O–H groups in total. The first-order chi connectivity index (χ1) is 11.4. The van der Waals surface area contributed by atoms with Gasteiger partial charge in [-0.2, -0.15) is 0 Å². The van der Waals surface area contributed by atoms with Crippen molar-refractivity contribution in [2.24, 2.45) is 5.73 Å². The van der Waals surface area contributed by atoms with Gasteiger partial charge in [0.1, 0.15) is 18.4 Å². The fourth-order valence-electron chi connectivity index (χ4n) is 2.02. The van der Waals surface area contributed by atoms with Crippen LogP contribution in [0.15, 0.2) is 59.5 Å². The summed E-state index contributed by atoms with van der Waals surface area (Å²) in [6.45, 7) is 0.0515. The number of benzene rings is 2. The number of hydrogen-bond donors (Lipinski definition) is 1. The molecule has 2 aromatic rings. The third-order valence-electron chi connectivity index (χ3n) is 3.34. The highest BCUT2D eigenvalue weighted by Crippen LogP contribution is 2.17. The molecule has 2 rings (SSSR count). The second-order valence-corrected chi connectivity index (χ2v) is 7.19. The quantitative estimate of drug-likeness (QED) is 0.762. The van der Waals surface area contributed by atoms with Crippen LogP contribution in [0, 0.1) is 0 Å². The lowest BCUT2D eigenvalue weighted by Crippen LogP contribution is -2.38. The Hall–Kier alpha value is -2.38. The molecule has 128 valence electrons. The molecule has 6 nitrogen and oxygen atoms in total. The van der Waals surface area contributed by atoms with Crippen LogP contribution in [-0.4, -0.2) is 33.3 Å². The number of carbonyl (C=O) groups excluding carboxylic acids is 1. The maximum atomic E-state index is 12.3. The Morgan fingerprint density at radius 1 is 1.08 bits per heavy atom. The molecule has 7 heteroatoms. The molecule has 1 unspecified atom stereocenters. The molecule has 0 saturated carbocycles. The zero-order valence-corrected chi connectivity index (χ0v) is 14.0. The summed E-state index contributed by atoms with van der Waals surface area (Å²) in [7, 11) is -2.21. The van der Waals surface area contributed by atoms with Crippen LogP contribution in [-0.2, 0) is 26.0 Å². The van der Waals surface area contributed by atoms with E-state index in [1.807, 2.05) is 18.2 Å². The molecule has 2 aromatic carbocycles. The van der Waals surface area contributed by atoms with Crippen LogP contribution in [0.25, 0.3) is 0 Å².